The number of unbranched alkanes of at least 4 members (excludes halogenated alkanes) is 7. The molecule has 0 aromatic heterocycles. The summed E-state index contributed by atoms with van der Waals surface area (Å²) in [6, 6.07) is 13.4. The SMILES string of the molecule is C#CCOC(=O)CCCCCCCCCC[N+]1=C(C)C(C)(C)c2c1ccc1ccccc21. The zero-order valence-corrected chi connectivity index (χ0v) is 20.1. The molecule has 32 heavy (non-hydrogen) atoms. The molecule has 0 N–H and O–H groups in total. The molecule has 3 rings (SSSR count). The number of benzene rings is 2. The summed E-state index contributed by atoms with van der Waals surface area (Å²) in [5, 5.41) is 2.72. The molecule has 0 unspecified atom stereocenters. The number of hydrogen-bond donors (Lipinski definition) is 0. The quantitative estimate of drug-likeness (QED) is 0.158. The summed E-state index contributed by atoms with van der Waals surface area (Å²) >= 11 is 0. The van der Waals surface area contributed by atoms with Gasteiger partial charge in [-0.25, -0.2) is 0 Å². The standard InChI is InChI=1S/C29H38NO2/c1-5-22-32-27(31)18-12-10-8-6-7-9-11-15-21-30-23(2)29(3,4)28-25-17-14-13-16-24(25)19-20-26(28)30/h1,13-14,16-17,19-20H,6-12,15,18,21-22H2,2-4H3/q+1. The van der Waals surface area contributed by atoms with Crippen molar-refractivity contribution in [3.63, 3.8) is 0 Å². The molecular weight excluding hydrogens is 394 g/mol. The third kappa shape index (κ3) is 5.60. The summed E-state index contributed by atoms with van der Waals surface area (Å²) in [4.78, 5) is 11.4. The van der Waals surface area contributed by atoms with Crippen LogP contribution in [-0.4, -0.2) is 29.4 Å². The Labute approximate surface area is 193 Å². The van der Waals surface area contributed by atoms with Gasteiger partial charge in [0.2, 0.25) is 5.69 Å². The normalized spacial score (nSPS) is 14.4. The number of fused-ring (bicyclic) bond motifs is 3. The van der Waals surface area contributed by atoms with Crippen LogP contribution in [0.15, 0.2) is 36.4 Å². The van der Waals surface area contributed by atoms with Crippen LogP contribution in [0.5, 0.6) is 0 Å². The fourth-order valence-electron chi connectivity index (χ4n) is 4.92. The molecule has 2 aromatic rings. The Morgan fingerprint density at radius 2 is 1.62 bits per heavy atom. The maximum Gasteiger partial charge on any atom is 0.306 e. The minimum Gasteiger partial charge on any atom is -0.452 e. The van der Waals surface area contributed by atoms with Crippen LogP contribution >= 0.6 is 0 Å². The van der Waals surface area contributed by atoms with Gasteiger partial charge in [0.05, 0.1) is 5.41 Å². The average Bonchev–Trinajstić information content (AvgIpc) is 2.99. The lowest BCUT2D eigenvalue weighted by atomic mass is 9.80. The number of esters is 1. The minimum absolute atomic E-state index is 0.0729. The third-order valence-corrected chi connectivity index (χ3v) is 6.96. The first-order valence-electron chi connectivity index (χ1n) is 12.2. The highest BCUT2D eigenvalue weighted by molar-refractivity contribution is 6.01. The number of terminal acetylenes is 1. The lowest BCUT2D eigenvalue weighted by Crippen LogP contribution is -2.26. The Bertz CT molecular complexity index is 1010. The zero-order chi connectivity index (χ0) is 23.0. The van der Waals surface area contributed by atoms with Gasteiger partial charge in [0, 0.05) is 31.4 Å². The Morgan fingerprint density at radius 3 is 2.34 bits per heavy atom. The molecule has 0 radical (unpaired) electrons. The highest BCUT2D eigenvalue weighted by Gasteiger charge is 2.43. The lowest BCUT2D eigenvalue weighted by molar-refractivity contribution is -0.439. The van der Waals surface area contributed by atoms with Crippen LogP contribution in [0.4, 0.5) is 5.69 Å². The summed E-state index contributed by atoms with van der Waals surface area (Å²) in [6.45, 7) is 8.22. The van der Waals surface area contributed by atoms with Crippen molar-refractivity contribution in [2.45, 2.75) is 84.0 Å². The number of carbonyl (C=O) groups is 1. The van der Waals surface area contributed by atoms with Gasteiger partial charge >= 0.3 is 5.97 Å². The Kier molecular flexibility index (Phi) is 8.51. The third-order valence-electron chi connectivity index (χ3n) is 6.96. The summed E-state index contributed by atoms with van der Waals surface area (Å²) in [7, 11) is 0. The molecular formula is C29H38NO2+. The van der Waals surface area contributed by atoms with Gasteiger partial charge in [0.1, 0.15) is 6.54 Å². The molecule has 0 bridgehead atoms. The van der Waals surface area contributed by atoms with Crippen molar-refractivity contribution in [3.8, 4) is 12.3 Å². The van der Waals surface area contributed by atoms with Crippen molar-refractivity contribution in [1.29, 1.82) is 0 Å². The van der Waals surface area contributed by atoms with E-state index in [9.17, 15) is 4.79 Å². The van der Waals surface area contributed by atoms with Crippen molar-refractivity contribution in [2.24, 2.45) is 0 Å². The second-order valence-corrected chi connectivity index (χ2v) is 9.49. The minimum atomic E-state index is -0.172. The van der Waals surface area contributed by atoms with Crippen LogP contribution in [0.2, 0.25) is 0 Å². The van der Waals surface area contributed by atoms with E-state index in [0.29, 0.717) is 6.42 Å². The van der Waals surface area contributed by atoms with Crippen LogP contribution in [0.25, 0.3) is 10.8 Å². The van der Waals surface area contributed by atoms with E-state index in [1.807, 2.05) is 0 Å². The number of ether oxygens (including phenoxy) is 1. The van der Waals surface area contributed by atoms with E-state index >= 15 is 0 Å². The predicted octanol–water partition coefficient (Wildman–Crippen LogP) is 6.92. The maximum absolute atomic E-state index is 11.4. The van der Waals surface area contributed by atoms with Crippen LogP contribution in [0.1, 0.15) is 84.1 Å². The molecule has 0 saturated heterocycles. The van der Waals surface area contributed by atoms with E-state index in [-0.39, 0.29) is 18.0 Å². The molecule has 170 valence electrons. The first-order chi connectivity index (χ1) is 15.5. The molecule has 2 aromatic carbocycles. The van der Waals surface area contributed by atoms with Gasteiger partial charge < -0.3 is 4.74 Å². The summed E-state index contributed by atoms with van der Waals surface area (Å²) in [6.07, 6.45) is 15.0. The highest BCUT2D eigenvalue weighted by Crippen LogP contribution is 2.43. The highest BCUT2D eigenvalue weighted by atomic mass is 16.5. The first-order valence-corrected chi connectivity index (χ1v) is 12.2. The topological polar surface area (TPSA) is 29.3 Å². The van der Waals surface area contributed by atoms with Gasteiger partial charge in [-0.2, -0.15) is 4.58 Å². The van der Waals surface area contributed by atoms with Gasteiger partial charge in [0.15, 0.2) is 12.3 Å². The van der Waals surface area contributed by atoms with E-state index in [1.165, 1.54) is 66.3 Å². The van der Waals surface area contributed by atoms with Crippen LogP contribution < -0.4 is 0 Å². The van der Waals surface area contributed by atoms with Crippen molar-refractivity contribution < 1.29 is 14.1 Å². The molecule has 0 atom stereocenters. The van der Waals surface area contributed by atoms with Gasteiger partial charge in [-0.1, -0.05) is 62.3 Å². The number of hydrogen-bond acceptors (Lipinski definition) is 2. The lowest BCUT2D eigenvalue weighted by Gasteiger charge is -2.17. The molecule has 0 fully saturated rings. The summed E-state index contributed by atoms with van der Waals surface area (Å²) in [5.41, 5.74) is 4.41. The smallest absolute Gasteiger partial charge is 0.306 e. The monoisotopic (exact) mass is 432 g/mol. The van der Waals surface area contributed by atoms with Gasteiger partial charge in [-0.3, -0.25) is 4.79 Å². The van der Waals surface area contributed by atoms with E-state index in [0.717, 1.165) is 19.4 Å². The van der Waals surface area contributed by atoms with Crippen molar-refractivity contribution in [1.82, 2.24) is 0 Å². The van der Waals surface area contributed by atoms with Crippen molar-refractivity contribution >= 4 is 28.1 Å². The molecule has 0 amide bonds. The molecule has 1 heterocycles. The Balaban J connectivity index is 1.39. The molecule has 1 aliphatic rings. The summed E-state index contributed by atoms with van der Waals surface area (Å²) in [5.74, 6) is 2.15. The van der Waals surface area contributed by atoms with E-state index < -0.39 is 0 Å². The van der Waals surface area contributed by atoms with Crippen LogP contribution in [0.3, 0.4) is 0 Å². The Hall–Kier alpha value is -2.60. The van der Waals surface area contributed by atoms with Crippen LogP contribution in [0, 0.1) is 12.3 Å². The zero-order valence-electron chi connectivity index (χ0n) is 20.1. The number of nitrogens with zero attached hydrogens (tertiary/aromatic N) is 1. The average molecular weight is 433 g/mol. The molecule has 3 heteroatoms. The predicted molar refractivity (Wildman–Crippen MR) is 134 cm³/mol. The molecule has 0 spiro atoms. The first kappa shape index (κ1) is 24.1. The van der Waals surface area contributed by atoms with Crippen molar-refractivity contribution in [3.05, 3.63) is 42.0 Å². The van der Waals surface area contributed by atoms with Gasteiger partial charge in [-0.05, 0) is 43.5 Å². The van der Waals surface area contributed by atoms with Gasteiger partial charge in [0.25, 0.3) is 0 Å². The van der Waals surface area contributed by atoms with Crippen LogP contribution in [-0.2, 0) is 14.9 Å². The number of carbonyl (C=O) groups excluding carboxylic acids is 1. The van der Waals surface area contributed by atoms with E-state index in [1.54, 1.807) is 0 Å². The fourth-order valence-corrected chi connectivity index (χ4v) is 4.92. The largest absolute Gasteiger partial charge is 0.452 e. The van der Waals surface area contributed by atoms with Gasteiger partial charge in [-0.15, -0.1) is 6.42 Å². The maximum atomic E-state index is 11.4. The molecule has 0 saturated carbocycles. The van der Waals surface area contributed by atoms with E-state index in [4.69, 9.17) is 11.2 Å². The number of rotatable bonds is 12. The second kappa shape index (κ2) is 11.3. The summed E-state index contributed by atoms with van der Waals surface area (Å²) < 4.78 is 7.44. The molecule has 0 aliphatic carbocycles. The second-order valence-electron chi connectivity index (χ2n) is 9.49. The molecule has 3 nitrogen and oxygen atoms in total. The van der Waals surface area contributed by atoms with Crippen molar-refractivity contribution in [2.75, 3.05) is 13.2 Å². The molecule has 1 aliphatic heterocycles. The van der Waals surface area contributed by atoms with E-state index in [2.05, 4.69) is 67.7 Å². The Morgan fingerprint density at radius 1 is 0.969 bits per heavy atom. The fraction of sp³-hybridized carbons (Fsp3) is 0.517.